The van der Waals surface area contributed by atoms with Crippen molar-refractivity contribution in [2.24, 2.45) is 0 Å². The van der Waals surface area contributed by atoms with Crippen LogP contribution in [0.4, 0.5) is 0 Å². The number of rotatable bonds is 15. The fourth-order valence-corrected chi connectivity index (χ4v) is 6.73. The van der Waals surface area contributed by atoms with Crippen LogP contribution in [-0.4, -0.2) is 68.0 Å². The van der Waals surface area contributed by atoms with Crippen molar-refractivity contribution in [3.05, 3.63) is 117 Å². The van der Waals surface area contributed by atoms with Gasteiger partial charge in [-0.15, -0.1) is 11.3 Å². The van der Waals surface area contributed by atoms with Crippen LogP contribution in [0.5, 0.6) is 0 Å². The van der Waals surface area contributed by atoms with Crippen LogP contribution in [0.3, 0.4) is 0 Å². The summed E-state index contributed by atoms with van der Waals surface area (Å²) >= 11 is 1.49. The maximum atomic E-state index is 13.5. The van der Waals surface area contributed by atoms with Gasteiger partial charge in [-0.05, 0) is 73.3 Å². The van der Waals surface area contributed by atoms with Crippen LogP contribution in [-0.2, 0) is 29.5 Å². The number of sulfonamides is 1. The third-order valence-electron chi connectivity index (χ3n) is 7.75. The second-order valence-electron chi connectivity index (χ2n) is 11.9. The quantitative estimate of drug-likeness (QED) is 0.148. The molecule has 2 atom stereocenters. The number of benzene rings is 3. The molecule has 0 saturated carbocycles. The summed E-state index contributed by atoms with van der Waals surface area (Å²) in [7, 11) is -0.556. The standard InChI is InChI=1S/C35H43N5O5S2/c1-23(2)29-14-26(15-30(18-29)47(44,45)36-4)19-37-20-32(41)31(16-25-10-7-6-8-11-25)39-34(42)27-12-9-13-28(17-27)35(43)40(5)21-33-38-24(3)22-46-33/h6-15,17-18,22-23,31-32,36-37,41H,16,19-21H2,1-5H3,(H,39,42)/t31-,32+/m0/s1. The molecular formula is C35H43N5O5S2. The molecule has 4 aromatic rings. The first-order valence-electron chi connectivity index (χ1n) is 15.4. The monoisotopic (exact) mass is 677 g/mol. The van der Waals surface area contributed by atoms with E-state index in [0.29, 0.717) is 30.6 Å². The van der Waals surface area contributed by atoms with Gasteiger partial charge in [0.2, 0.25) is 10.0 Å². The number of nitrogens with one attached hydrogen (secondary N) is 3. The number of hydrogen-bond donors (Lipinski definition) is 4. The Morgan fingerprint density at radius 3 is 2.36 bits per heavy atom. The van der Waals surface area contributed by atoms with Crippen LogP contribution in [0.15, 0.2) is 83.1 Å². The SMILES string of the molecule is CNS(=O)(=O)c1cc(CNC[C@@H](O)[C@H](Cc2ccccc2)NC(=O)c2cccc(C(=O)N(C)Cc3nc(C)cs3)c2)cc(C(C)C)c1. The molecule has 1 heterocycles. The number of hydrogen-bond acceptors (Lipinski definition) is 8. The van der Waals surface area contributed by atoms with Gasteiger partial charge in [-0.3, -0.25) is 9.59 Å². The largest absolute Gasteiger partial charge is 0.390 e. The maximum absolute atomic E-state index is 13.5. The van der Waals surface area contributed by atoms with Crippen LogP contribution in [0.1, 0.15) is 67.9 Å². The number of aliphatic hydroxyl groups is 1. The zero-order valence-electron chi connectivity index (χ0n) is 27.4. The van der Waals surface area contributed by atoms with Crippen LogP contribution in [0.25, 0.3) is 0 Å². The zero-order chi connectivity index (χ0) is 34.1. The fraction of sp³-hybridized carbons (Fsp3) is 0.343. The Labute approximate surface area is 281 Å². The molecule has 0 aliphatic carbocycles. The van der Waals surface area contributed by atoms with E-state index in [1.165, 1.54) is 18.4 Å². The lowest BCUT2D eigenvalue weighted by molar-refractivity contribution is 0.0784. The van der Waals surface area contributed by atoms with Crippen LogP contribution in [0.2, 0.25) is 0 Å². The van der Waals surface area contributed by atoms with Crippen LogP contribution >= 0.6 is 11.3 Å². The van der Waals surface area contributed by atoms with Gasteiger partial charge in [0, 0.05) is 42.3 Å². The molecule has 0 saturated heterocycles. The second-order valence-corrected chi connectivity index (χ2v) is 14.7. The minimum Gasteiger partial charge on any atom is -0.390 e. The summed E-state index contributed by atoms with van der Waals surface area (Å²) in [6.07, 6.45) is -0.608. The van der Waals surface area contributed by atoms with E-state index in [2.05, 4.69) is 20.3 Å². The van der Waals surface area contributed by atoms with Gasteiger partial charge in [-0.25, -0.2) is 18.1 Å². The molecule has 0 bridgehead atoms. The third kappa shape index (κ3) is 10.0. The van der Waals surface area contributed by atoms with Crippen molar-refractivity contribution in [1.29, 1.82) is 0 Å². The summed E-state index contributed by atoms with van der Waals surface area (Å²) in [5.74, 6) is -0.526. The minimum atomic E-state index is -3.63. The van der Waals surface area contributed by atoms with Crippen LogP contribution in [0, 0.1) is 6.92 Å². The summed E-state index contributed by atoms with van der Waals surface area (Å²) in [5.41, 5.74) is 4.16. The van der Waals surface area contributed by atoms with Gasteiger partial charge in [0.1, 0.15) is 5.01 Å². The Bertz CT molecular complexity index is 1780. The molecule has 3 aromatic carbocycles. The molecule has 0 radical (unpaired) electrons. The normalized spacial score (nSPS) is 12.9. The van der Waals surface area contributed by atoms with E-state index < -0.39 is 28.1 Å². The highest BCUT2D eigenvalue weighted by Crippen LogP contribution is 2.22. The van der Waals surface area contributed by atoms with Crippen molar-refractivity contribution in [2.75, 3.05) is 20.6 Å². The molecule has 12 heteroatoms. The van der Waals surface area contributed by atoms with Gasteiger partial charge < -0.3 is 20.6 Å². The highest BCUT2D eigenvalue weighted by Gasteiger charge is 2.24. The van der Waals surface area contributed by atoms with E-state index in [9.17, 15) is 23.1 Å². The molecule has 47 heavy (non-hydrogen) atoms. The van der Waals surface area contributed by atoms with Gasteiger partial charge >= 0.3 is 0 Å². The lowest BCUT2D eigenvalue weighted by Gasteiger charge is -2.25. The Kier molecular flexibility index (Phi) is 12.4. The van der Waals surface area contributed by atoms with Crippen molar-refractivity contribution in [3.8, 4) is 0 Å². The molecule has 0 aliphatic rings. The molecule has 4 rings (SSSR count). The lowest BCUT2D eigenvalue weighted by Crippen LogP contribution is -2.48. The molecule has 0 aliphatic heterocycles. The summed E-state index contributed by atoms with van der Waals surface area (Å²) in [4.78, 5) is 32.9. The highest BCUT2D eigenvalue weighted by atomic mass is 32.2. The summed E-state index contributed by atoms with van der Waals surface area (Å²) in [6, 6.07) is 20.7. The van der Waals surface area contributed by atoms with Gasteiger partial charge in [-0.1, -0.05) is 56.3 Å². The number of aromatic nitrogens is 1. The zero-order valence-corrected chi connectivity index (χ0v) is 29.0. The third-order valence-corrected chi connectivity index (χ3v) is 10.1. The van der Waals surface area contributed by atoms with Crippen molar-refractivity contribution < 1.29 is 23.1 Å². The van der Waals surface area contributed by atoms with Gasteiger partial charge in [0.05, 0.1) is 23.6 Å². The Balaban J connectivity index is 1.46. The summed E-state index contributed by atoms with van der Waals surface area (Å²) in [6.45, 7) is 6.71. The van der Waals surface area contributed by atoms with E-state index in [1.807, 2.05) is 62.5 Å². The average molecular weight is 678 g/mol. The van der Waals surface area contributed by atoms with Gasteiger partial charge in [-0.2, -0.15) is 0 Å². The van der Waals surface area contributed by atoms with Crippen molar-refractivity contribution in [2.45, 2.75) is 63.2 Å². The molecule has 10 nitrogen and oxygen atoms in total. The number of thiazole rings is 1. The summed E-state index contributed by atoms with van der Waals surface area (Å²) < 4.78 is 27.4. The van der Waals surface area contributed by atoms with Gasteiger partial charge in [0.25, 0.3) is 11.8 Å². The van der Waals surface area contributed by atoms with Crippen molar-refractivity contribution >= 4 is 33.2 Å². The number of carbonyl (C=O) groups excluding carboxylic acids is 2. The average Bonchev–Trinajstić information content (AvgIpc) is 3.48. The number of aliphatic hydroxyl groups excluding tert-OH is 1. The number of amides is 2. The van der Waals surface area contributed by atoms with E-state index in [0.717, 1.165) is 27.4 Å². The molecule has 0 spiro atoms. The number of aryl methyl sites for hydroxylation is 1. The predicted molar refractivity (Wildman–Crippen MR) is 185 cm³/mol. The lowest BCUT2D eigenvalue weighted by atomic mass is 9.99. The first kappa shape index (κ1) is 35.9. The molecule has 0 fully saturated rings. The molecule has 250 valence electrons. The predicted octanol–water partition coefficient (Wildman–Crippen LogP) is 4.25. The topological polar surface area (TPSA) is 141 Å². The fourth-order valence-electron chi connectivity index (χ4n) is 5.07. The second kappa shape index (κ2) is 16.2. The van der Waals surface area contributed by atoms with E-state index in [1.54, 1.807) is 48.3 Å². The Morgan fingerprint density at radius 2 is 1.70 bits per heavy atom. The molecule has 1 aromatic heterocycles. The van der Waals surface area contributed by atoms with Crippen molar-refractivity contribution in [1.82, 2.24) is 25.2 Å². The maximum Gasteiger partial charge on any atom is 0.253 e. The highest BCUT2D eigenvalue weighted by molar-refractivity contribution is 7.89. The number of carbonyl (C=O) groups is 2. The Morgan fingerprint density at radius 1 is 0.979 bits per heavy atom. The first-order valence-corrected chi connectivity index (χ1v) is 17.8. The minimum absolute atomic E-state index is 0.119. The van der Waals surface area contributed by atoms with Crippen LogP contribution < -0.4 is 15.4 Å². The van der Waals surface area contributed by atoms with Gasteiger partial charge in [0.15, 0.2) is 0 Å². The molecule has 2 amide bonds. The smallest absolute Gasteiger partial charge is 0.253 e. The molecule has 0 unspecified atom stereocenters. The molecule has 4 N–H and O–H groups in total. The first-order chi connectivity index (χ1) is 22.4. The van der Waals surface area contributed by atoms with E-state index >= 15 is 0 Å². The van der Waals surface area contributed by atoms with E-state index in [-0.39, 0.29) is 23.3 Å². The summed E-state index contributed by atoms with van der Waals surface area (Å²) in [5, 5.41) is 20.3. The molecular weight excluding hydrogens is 635 g/mol. The van der Waals surface area contributed by atoms with Crippen molar-refractivity contribution in [3.63, 3.8) is 0 Å². The van der Waals surface area contributed by atoms with E-state index in [4.69, 9.17) is 0 Å². The number of nitrogens with zero attached hydrogens (tertiary/aromatic N) is 2. The Hall–Kier alpha value is -3.94.